The number of rotatable bonds is 4. The van der Waals surface area contributed by atoms with Gasteiger partial charge in [0.1, 0.15) is 17.9 Å². The highest BCUT2D eigenvalue weighted by atomic mass is 19.1. The number of nitrogens with two attached hydrogens (primary N) is 1. The third-order valence-corrected chi connectivity index (χ3v) is 5.43. The van der Waals surface area contributed by atoms with Gasteiger partial charge in [-0.05, 0) is 24.1 Å². The van der Waals surface area contributed by atoms with Gasteiger partial charge in [-0.3, -0.25) is 19.4 Å². The Hall–Kier alpha value is -3.65. The third kappa shape index (κ3) is 4.15. The lowest BCUT2D eigenvalue weighted by Gasteiger charge is -2.36. The Balaban J connectivity index is 1.47. The number of amides is 2. The Bertz CT molecular complexity index is 1040. The number of hydroxylamine groups is 2. The molecule has 10 nitrogen and oxygen atoms in total. The summed E-state index contributed by atoms with van der Waals surface area (Å²) in [4.78, 5) is 43.7. The van der Waals surface area contributed by atoms with Gasteiger partial charge >= 0.3 is 0 Å². The zero-order valence-electron chi connectivity index (χ0n) is 16.5. The molecule has 0 aromatic carbocycles. The van der Waals surface area contributed by atoms with E-state index in [-0.39, 0.29) is 24.6 Å². The van der Waals surface area contributed by atoms with Crippen molar-refractivity contribution in [2.75, 3.05) is 24.6 Å². The Labute approximate surface area is 177 Å². The maximum atomic E-state index is 15.0. The fourth-order valence-electron chi connectivity index (χ4n) is 3.86. The third-order valence-electron chi connectivity index (χ3n) is 5.43. The average molecular weight is 425 g/mol. The number of piperidine rings is 1. The van der Waals surface area contributed by atoms with Crippen molar-refractivity contribution in [1.29, 1.82) is 5.26 Å². The van der Waals surface area contributed by atoms with E-state index in [1.807, 2.05) is 6.07 Å². The number of alkyl halides is 1. The highest BCUT2D eigenvalue weighted by molar-refractivity contribution is 5.90. The number of carbonyl (C=O) groups is 2. The first-order valence-electron chi connectivity index (χ1n) is 9.81. The first kappa shape index (κ1) is 20.6. The van der Waals surface area contributed by atoms with Crippen LogP contribution in [-0.4, -0.2) is 57.7 Å². The van der Waals surface area contributed by atoms with Crippen molar-refractivity contribution in [2.45, 2.75) is 25.1 Å². The molecule has 2 aromatic heterocycles. The molecule has 0 spiro atoms. The van der Waals surface area contributed by atoms with Crippen LogP contribution < -0.4 is 10.6 Å². The summed E-state index contributed by atoms with van der Waals surface area (Å²) >= 11 is 0. The van der Waals surface area contributed by atoms with Crippen LogP contribution in [0.4, 0.5) is 10.3 Å². The standard InChI is InChI=1S/C20H20FN7O3/c21-15-11-27(20-25-4-1-16(26-20)18(23)29)5-2-14(15)19(30)28-17(3-6-31-28)13-7-12(8-22)9-24-10-13/h1,4,7,9-10,14-15,17H,2-3,5-6,11H2,(H2,23,29)/t14-,15-,17+/m1/s1. The van der Waals surface area contributed by atoms with Crippen LogP contribution in [-0.2, 0) is 9.63 Å². The zero-order chi connectivity index (χ0) is 22.0. The summed E-state index contributed by atoms with van der Waals surface area (Å²) in [5.74, 6) is -1.83. The number of halogens is 1. The second-order valence-electron chi connectivity index (χ2n) is 7.38. The minimum Gasteiger partial charge on any atom is -0.364 e. The molecule has 3 atom stereocenters. The fraction of sp³-hybridized carbons (Fsp3) is 0.400. The summed E-state index contributed by atoms with van der Waals surface area (Å²) in [5.41, 5.74) is 6.34. The van der Waals surface area contributed by atoms with Gasteiger partial charge in [-0.1, -0.05) is 0 Å². The number of aromatic nitrogens is 3. The number of pyridine rings is 1. The largest absolute Gasteiger partial charge is 0.364 e. The number of hydrogen-bond acceptors (Lipinski definition) is 8. The quantitative estimate of drug-likeness (QED) is 0.763. The summed E-state index contributed by atoms with van der Waals surface area (Å²) < 4.78 is 15.0. The molecular formula is C20H20FN7O3. The summed E-state index contributed by atoms with van der Waals surface area (Å²) in [6.45, 7) is 0.558. The van der Waals surface area contributed by atoms with Crippen molar-refractivity contribution < 1.29 is 18.8 Å². The van der Waals surface area contributed by atoms with Crippen molar-refractivity contribution in [2.24, 2.45) is 11.7 Å². The lowest BCUT2D eigenvalue weighted by atomic mass is 9.93. The van der Waals surface area contributed by atoms with E-state index in [1.54, 1.807) is 17.2 Å². The molecule has 0 bridgehead atoms. The van der Waals surface area contributed by atoms with E-state index in [0.29, 0.717) is 30.7 Å². The van der Waals surface area contributed by atoms with Crippen LogP contribution >= 0.6 is 0 Å². The average Bonchev–Trinajstić information content (AvgIpc) is 3.28. The maximum absolute atomic E-state index is 15.0. The zero-order valence-corrected chi connectivity index (χ0v) is 16.5. The van der Waals surface area contributed by atoms with E-state index >= 15 is 4.39 Å². The molecule has 2 aromatic rings. The predicted octanol–water partition coefficient (Wildman–Crippen LogP) is 0.912. The molecule has 4 heterocycles. The molecular weight excluding hydrogens is 405 g/mol. The lowest BCUT2D eigenvalue weighted by molar-refractivity contribution is -0.184. The van der Waals surface area contributed by atoms with Crippen molar-refractivity contribution in [1.82, 2.24) is 20.0 Å². The van der Waals surface area contributed by atoms with Crippen LogP contribution in [0.2, 0.25) is 0 Å². The molecule has 2 fully saturated rings. The van der Waals surface area contributed by atoms with Crippen molar-refractivity contribution in [3.8, 4) is 6.07 Å². The van der Waals surface area contributed by atoms with Gasteiger partial charge in [-0.15, -0.1) is 0 Å². The second-order valence-corrected chi connectivity index (χ2v) is 7.38. The van der Waals surface area contributed by atoms with Crippen LogP contribution in [0.5, 0.6) is 0 Å². The lowest BCUT2D eigenvalue weighted by Crippen LogP contribution is -2.49. The minimum atomic E-state index is -1.48. The number of primary amides is 1. The number of nitriles is 1. The summed E-state index contributed by atoms with van der Waals surface area (Å²) in [6.07, 6.45) is 3.70. The van der Waals surface area contributed by atoms with Crippen LogP contribution in [0.3, 0.4) is 0 Å². The molecule has 0 aliphatic carbocycles. The highest BCUT2D eigenvalue weighted by Gasteiger charge is 2.42. The predicted molar refractivity (Wildman–Crippen MR) is 105 cm³/mol. The normalized spacial score (nSPS) is 23.4. The molecule has 0 unspecified atom stereocenters. The summed E-state index contributed by atoms with van der Waals surface area (Å²) in [6, 6.07) is 4.64. The van der Waals surface area contributed by atoms with Crippen molar-refractivity contribution in [3.05, 3.63) is 47.5 Å². The molecule has 2 aliphatic rings. The van der Waals surface area contributed by atoms with Gasteiger partial charge in [-0.2, -0.15) is 5.26 Å². The minimum absolute atomic E-state index is 0.0418. The number of carbonyl (C=O) groups excluding carboxylic acids is 2. The highest BCUT2D eigenvalue weighted by Crippen LogP contribution is 2.34. The molecule has 4 rings (SSSR count). The van der Waals surface area contributed by atoms with Gasteiger partial charge in [0.15, 0.2) is 0 Å². The first-order chi connectivity index (χ1) is 15.0. The molecule has 31 heavy (non-hydrogen) atoms. The summed E-state index contributed by atoms with van der Waals surface area (Å²) in [5, 5.41) is 10.3. The molecule has 160 valence electrons. The molecule has 2 N–H and O–H groups in total. The first-order valence-corrected chi connectivity index (χ1v) is 9.81. The second kappa shape index (κ2) is 8.61. The molecule has 0 radical (unpaired) electrons. The molecule has 2 aliphatic heterocycles. The van der Waals surface area contributed by atoms with Gasteiger partial charge in [0.25, 0.3) is 11.8 Å². The van der Waals surface area contributed by atoms with Crippen LogP contribution in [0.25, 0.3) is 0 Å². The summed E-state index contributed by atoms with van der Waals surface area (Å²) in [7, 11) is 0. The van der Waals surface area contributed by atoms with E-state index in [9.17, 15) is 9.59 Å². The van der Waals surface area contributed by atoms with Gasteiger partial charge in [0.05, 0.1) is 30.7 Å². The van der Waals surface area contributed by atoms with Crippen molar-refractivity contribution in [3.63, 3.8) is 0 Å². The van der Waals surface area contributed by atoms with E-state index in [0.717, 1.165) is 0 Å². The SMILES string of the molecule is N#Cc1cncc([C@@H]2CCON2C(=O)[C@@H]2CCN(c3nccc(C(N)=O)n3)C[C@H]2F)c1. The van der Waals surface area contributed by atoms with Gasteiger partial charge < -0.3 is 10.6 Å². The molecule has 11 heteroatoms. The maximum Gasteiger partial charge on any atom is 0.267 e. The Morgan fingerprint density at radius 3 is 2.90 bits per heavy atom. The Kier molecular flexibility index (Phi) is 5.73. The molecule has 2 amide bonds. The topological polar surface area (TPSA) is 138 Å². The van der Waals surface area contributed by atoms with Crippen LogP contribution in [0, 0.1) is 17.2 Å². The molecule has 2 saturated heterocycles. The Morgan fingerprint density at radius 1 is 1.32 bits per heavy atom. The van der Waals surface area contributed by atoms with Crippen LogP contribution in [0.15, 0.2) is 30.7 Å². The van der Waals surface area contributed by atoms with Crippen LogP contribution in [0.1, 0.15) is 40.5 Å². The van der Waals surface area contributed by atoms with E-state index < -0.39 is 29.9 Å². The smallest absolute Gasteiger partial charge is 0.267 e. The van der Waals surface area contributed by atoms with E-state index in [1.165, 1.54) is 23.5 Å². The fourth-order valence-corrected chi connectivity index (χ4v) is 3.86. The van der Waals surface area contributed by atoms with Crippen molar-refractivity contribution >= 4 is 17.8 Å². The monoisotopic (exact) mass is 425 g/mol. The number of hydrogen-bond donors (Lipinski definition) is 1. The number of anilines is 1. The van der Waals surface area contributed by atoms with Gasteiger partial charge in [-0.25, -0.2) is 19.4 Å². The van der Waals surface area contributed by atoms with Gasteiger partial charge in [0.2, 0.25) is 5.95 Å². The Morgan fingerprint density at radius 2 is 2.16 bits per heavy atom. The van der Waals surface area contributed by atoms with E-state index in [4.69, 9.17) is 15.8 Å². The van der Waals surface area contributed by atoms with E-state index in [2.05, 4.69) is 15.0 Å². The van der Waals surface area contributed by atoms with Gasteiger partial charge in [0, 0.05) is 31.6 Å². The molecule has 0 saturated carbocycles. The number of nitrogens with zero attached hydrogens (tertiary/aromatic N) is 6.